The highest BCUT2D eigenvalue weighted by molar-refractivity contribution is 7.99. The third-order valence-electron chi connectivity index (χ3n) is 2.50. The topological polar surface area (TPSA) is 12.0 Å². The zero-order valence-corrected chi connectivity index (χ0v) is 11.1. The largest absolute Gasteiger partial charge is 0.384 e. The van der Waals surface area contributed by atoms with Crippen LogP contribution in [0.5, 0.6) is 0 Å². The molecule has 0 aliphatic carbocycles. The van der Waals surface area contributed by atoms with Gasteiger partial charge in [-0.1, -0.05) is 41.6 Å². The second-order valence-corrected chi connectivity index (χ2v) is 5.06. The van der Waals surface area contributed by atoms with Crippen LogP contribution >= 0.6 is 11.8 Å². The van der Waals surface area contributed by atoms with E-state index in [4.69, 9.17) is 0 Å². The molecule has 88 valence electrons. The van der Waals surface area contributed by atoms with Crippen LogP contribution in [0.3, 0.4) is 0 Å². The molecule has 0 aromatic heterocycles. The molecule has 0 spiro atoms. The summed E-state index contributed by atoms with van der Waals surface area (Å²) in [4.78, 5) is 2.55. The molecule has 2 aromatic rings. The number of rotatable bonds is 4. The SMILES string of the molecule is CCNc1ccccc1Sc1ccc(C)cc1. The number of para-hydroxylation sites is 1. The standard InChI is InChI=1S/C15H17NS/c1-3-16-14-6-4-5-7-15(14)17-13-10-8-12(2)9-11-13/h4-11,16H,3H2,1-2H3. The van der Waals surface area contributed by atoms with E-state index >= 15 is 0 Å². The van der Waals surface area contributed by atoms with Gasteiger partial charge in [0.25, 0.3) is 0 Å². The lowest BCUT2D eigenvalue weighted by molar-refractivity contribution is 1.19. The molecule has 0 atom stereocenters. The number of hydrogen-bond acceptors (Lipinski definition) is 2. The van der Waals surface area contributed by atoms with Crippen molar-refractivity contribution >= 4 is 17.4 Å². The van der Waals surface area contributed by atoms with Gasteiger partial charge in [0.2, 0.25) is 0 Å². The van der Waals surface area contributed by atoms with Crippen molar-refractivity contribution in [2.75, 3.05) is 11.9 Å². The molecule has 0 aliphatic rings. The fourth-order valence-electron chi connectivity index (χ4n) is 1.63. The molecule has 2 heteroatoms. The molecule has 0 saturated heterocycles. The molecule has 0 aliphatic heterocycles. The van der Waals surface area contributed by atoms with E-state index in [2.05, 4.69) is 67.7 Å². The van der Waals surface area contributed by atoms with Crippen molar-refractivity contribution in [3.05, 3.63) is 54.1 Å². The first-order valence-corrected chi connectivity index (χ1v) is 6.68. The van der Waals surface area contributed by atoms with Gasteiger partial charge in [-0.25, -0.2) is 0 Å². The summed E-state index contributed by atoms with van der Waals surface area (Å²) in [5.41, 5.74) is 2.51. The average Bonchev–Trinajstić information content (AvgIpc) is 2.35. The molecule has 0 heterocycles. The highest BCUT2D eigenvalue weighted by Gasteiger charge is 2.02. The third kappa shape index (κ3) is 3.27. The summed E-state index contributed by atoms with van der Waals surface area (Å²) in [6.07, 6.45) is 0. The Morgan fingerprint density at radius 3 is 2.41 bits per heavy atom. The number of hydrogen-bond donors (Lipinski definition) is 1. The maximum atomic E-state index is 3.39. The molecule has 2 rings (SSSR count). The molecule has 0 radical (unpaired) electrons. The Balaban J connectivity index is 2.20. The zero-order valence-electron chi connectivity index (χ0n) is 10.2. The van der Waals surface area contributed by atoms with Gasteiger partial charge in [0.15, 0.2) is 0 Å². The Kier molecular flexibility index (Phi) is 4.10. The average molecular weight is 243 g/mol. The minimum absolute atomic E-state index is 0.950. The quantitative estimate of drug-likeness (QED) is 0.843. The van der Waals surface area contributed by atoms with Gasteiger partial charge >= 0.3 is 0 Å². The van der Waals surface area contributed by atoms with Gasteiger partial charge in [-0.15, -0.1) is 0 Å². The van der Waals surface area contributed by atoms with E-state index in [1.54, 1.807) is 11.8 Å². The number of anilines is 1. The van der Waals surface area contributed by atoms with E-state index in [-0.39, 0.29) is 0 Å². The van der Waals surface area contributed by atoms with Gasteiger partial charge in [-0.3, -0.25) is 0 Å². The Morgan fingerprint density at radius 2 is 1.71 bits per heavy atom. The first kappa shape index (κ1) is 12.1. The summed E-state index contributed by atoms with van der Waals surface area (Å²) in [7, 11) is 0. The summed E-state index contributed by atoms with van der Waals surface area (Å²) in [6, 6.07) is 17.1. The van der Waals surface area contributed by atoms with Crippen molar-refractivity contribution in [2.24, 2.45) is 0 Å². The maximum absolute atomic E-state index is 3.39. The van der Waals surface area contributed by atoms with E-state index in [1.807, 2.05) is 0 Å². The lowest BCUT2D eigenvalue weighted by atomic mass is 10.2. The highest BCUT2D eigenvalue weighted by atomic mass is 32.2. The second-order valence-electron chi connectivity index (χ2n) is 3.94. The summed E-state index contributed by atoms with van der Waals surface area (Å²) < 4.78 is 0. The second kappa shape index (κ2) is 5.78. The third-order valence-corrected chi connectivity index (χ3v) is 3.59. The van der Waals surface area contributed by atoms with Gasteiger partial charge in [0, 0.05) is 22.0 Å². The molecule has 17 heavy (non-hydrogen) atoms. The van der Waals surface area contributed by atoms with Gasteiger partial charge in [0.05, 0.1) is 0 Å². The lowest BCUT2D eigenvalue weighted by Gasteiger charge is -2.10. The van der Waals surface area contributed by atoms with Gasteiger partial charge in [0.1, 0.15) is 0 Å². The maximum Gasteiger partial charge on any atom is 0.0481 e. The predicted octanol–water partition coefficient (Wildman–Crippen LogP) is 4.58. The Bertz CT molecular complexity index is 477. The highest BCUT2D eigenvalue weighted by Crippen LogP contribution is 2.33. The first-order chi connectivity index (χ1) is 8.29. The molecular formula is C15H17NS. The van der Waals surface area contributed by atoms with Crippen molar-refractivity contribution in [3.8, 4) is 0 Å². The van der Waals surface area contributed by atoms with E-state index in [1.165, 1.54) is 21.0 Å². The minimum Gasteiger partial charge on any atom is -0.384 e. The van der Waals surface area contributed by atoms with Crippen LogP contribution in [-0.4, -0.2) is 6.54 Å². The Morgan fingerprint density at radius 1 is 1.00 bits per heavy atom. The number of benzene rings is 2. The Hall–Kier alpha value is -1.41. The van der Waals surface area contributed by atoms with Crippen molar-refractivity contribution in [2.45, 2.75) is 23.6 Å². The van der Waals surface area contributed by atoms with E-state index in [0.29, 0.717) is 0 Å². The molecule has 0 unspecified atom stereocenters. The fourth-order valence-corrected chi connectivity index (χ4v) is 2.55. The van der Waals surface area contributed by atoms with Crippen LogP contribution in [0.1, 0.15) is 12.5 Å². The minimum atomic E-state index is 0.950. The molecule has 0 bridgehead atoms. The fraction of sp³-hybridized carbons (Fsp3) is 0.200. The number of nitrogens with one attached hydrogen (secondary N) is 1. The van der Waals surface area contributed by atoms with Crippen LogP contribution in [0.4, 0.5) is 5.69 Å². The van der Waals surface area contributed by atoms with Crippen LogP contribution in [0.2, 0.25) is 0 Å². The van der Waals surface area contributed by atoms with Crippen LogP contribution in [0.15, 0.2) is 58.3 Å². The van der Waals surface area contributed by atoms with Crippen LogP contribution < -0.4 is 5.32 Å². The van der Waals surface area contributed by atoms with Crippen molar-refractivity contribution in [3.63, 3.8) is 0 Å². The van der Waals surface area contributed by atoms with Gasteiger partial charge < -0.3 is 5.32 Å². The Labute approximate surface area is 107 Å². The molecule has 0 fully saturated rings. The summed E-state index contributed by atoms with van der Waals surface area (Å²) in [5, 5.41) is 3.39. The molecule has 0 saturated carbocycles. The lowest BCUT2D eigenvalue weighted by Crippen LogP contribution is -1.97. The first-order valence-electron chi connectivity index (χ1n) is 5.87. The van der Waals surface area contributed by atoms with Crippen LogP contribution in [0.25, 0.3) is 0 Å². The van der Waals surface area contributed by atoms with Crippen molar-refractivity contribution in [1.29, 1.82) is 0 Å². The van der Waals surface area contributed by atoms with E-state index in [0.717, 1.165) is 6.54 Å². The van der Waals surface area contributed by atoms with Crippen LogP contribution in [0, 0.1) is 6.92 Å². The molecule has 2 aromatic carbocycles. The summed E-state index contributed by atoms with van der Waals surface area (Å²) in [6.45, 7) is 5.18. The van der Waals surface area contributed by atoms with Gasteiger partial charge in [-0.05, 0) is 38.1 Å². The summed E-state index contributed by atoms with van der Waals surface area (Å²) >= 11 is 1.80. The summed E-state index contributed by atoms with van der Waals surface area (Å²) in [5.74, 6) is 0. The monoisotopic (exact) mass is 243 g/mol. The normalized spacial score (nSPS) is 10.2. The van der Waals surface area contributed by atoms with Crippen LogP contribution in [-0.2, 0) is 0 Å². The van der Waals surface area contributed by atoms with E-state index < -0.39 is 0 Å². The molecule has 0 amide bonds. The molecule has 1 nitrogen and oxygen atoms in total. The van der Waals surface area contributed by atoms with Gasteiger partial charge in [-0.2, -0.15) is 0 Å². The van der Waals surface area contributed by atoms with Crippen molar-refractivity contribution in [1.82, 2.24) is 0 Å². The van der Waals surface area contributed by atoms with Crippen molar-refractivity contribution < 1.29 is 0 Å². The molecule has 1 N–H and O–H groups in total. The molecular weight excluding hydrogens is 226 g/mol. The number of aryl methyl sites for hydroxylation is 1. The van der Waals surface area contributed by atoms with E-state index in [9.17, 15) is 0 Å². The smallest absolute Gasteiger partial charge is 0.0481 e. The predicted molar refractivity (Wildman–Crippen MR) is 75.9 cm³/mol. The zero-order chi connectivity index (χ0) is 12.1.